The number of nitrogens with one attached hydrogen (secondary N) is 1. The fourth-order valence-corrected chi connectivity index (χ4v) is 1.89. The van der Waals surface area contributed by atoms with E-state index in [1.165, 1.54) is 0 Å². The van der Waals surface area contributed by atoms with Gasteiger partial charge in [0.1, 0.15) is 0 Å². The van der Waals surface area contributed by atoms with Gasteiger partial charge in [-0.2, -0.15) is 13.2 Å². The number of hydrogen-bond donors (Lipinski definition) is 1. The molecular formula is C16H15F3N. The predicted molar refractivity (Wildman–Crippen MR) is 73.5 cm³/mol. The molecule has 4 heteroatoms. The van der Waals surface area contributed by atoms with Crippen molar-refractivity contribution in [1.82, 2.24) is 0 Å². The summed E-state index contributed by atoms with van der Waals surface area (Å²) >= 11 is 0. The number of rotatable bonds is 5. The fraction of sp³-hybridized carbons (Fsp3) is 0.250. The van der Waals surface area contributed by atoms with Crippen molar-refractivity contribution < 1.29 is 13.2 Å². The Kier molecular flexibility index (Phi) is 4.66. The minimum Gasteiger partial charge on any atom is -0.385 e. The van der Waals surface area contributed by atoms with Gasteiger partial charge < -0.3 is 5.32 Å². The van der Waals surface area contributed by atoms with E-state index in [9.17, 15) is 13.2 Å². The Labute approximate surface area is 116 Å². The Morgan fingerprint density at radius 2 is 1.60 bits per heavy atom. The zero-order valence-corrected chi connectivity index (χ0v) is 10.9. The summed E-state index contributed by atoms with van der Waals surface area (Å²) in [5.74, 6) is 0. The van der Waals surface area contributed by atoms with Gasteiger partial charge in [0.15, 0.2) is 0 Å². The largest absolute Gasteiger partial charge is 0.416 e. The summed E-state index contributed by atoms with van der Waals surface area (Å²) in [6, 6.07) is 15.8. The molecule has 1 nitrogen and oxygen atoms in total. The molecule has 0 fully saturated rings. The zero-order valence-electron chi connectivity index (χ0n) is 10.9. The number of alkyl halides is 3. The molecule has 1 radical (unpaired) electrons. The number of benzene rings is 2. The molecule has 0 spiro atoms. The lowest BCUT2D eigenvalue weighted by Gasteiger charge is -2.08. The molecule has 0 aliphatic carbocycles. The topological polar surface area (TPSA) is 12.0 Å². The maximum absolute atomic E-state index is 12.4. The first-order valence-corrected chi connectivity index (χ1v) is 6.42. The van der Waals surface area contributed by atoms with Gasteiger partial charge in [-0.25, -0.2) is 0 Å². The highest BCUT2D eigenvalue weighted by Gasteiger charge is 2.29. The van der Waals surface area contributed by atoms with Crippen molar-refractivity contribution >= 4 is 5.69 Å². The molecule has 105 valence electrons. The zero-order chi connectivity index (χ0) is 14.4. The Hall–Kier alpha value is -1.97. The van der Waals surface area contributed by atoms with Crippen LogP contribution in [0.3, 0.4) is 0 Å². The van der Waals surface area contributed by atoms with Crippen molar-refractivity contribution in [2.24, 2.45) is 0 Å². The minimum absolute atomic E-state index is 0.597. The van der Waals surface area contributed by atoms with E-state index in [2.05, 4.69) is 11.4 Å². The first-order chi connectivity index (χ1) is 9.55. The molecule has 0 aliphatic heterocycles. The average molecular weight is 278 g/mol. The maximum Gasteiger partial charge on any atom is 0.416 e. The molecule has 0 saturated heterocycles. The Balaban J connectivity index is 1.77. The quantitative estimate of drug-likeness (QED) is 0.791. The molecule has 0 atom stereocenters. The van der Waals surface area contributed by atoms with Crippen molar-refractivity contribution in [3.63, 3.8) is 0 Å². The SMILES string of the molecule is FC(F)(F)c1ccc(CCCNc2cc[c]cc2)cc1. The van der Waals surface area contributed by atoms with Gasteiger partial charge in [0, 0.05) is 12.2 Å². The summed E-state index contributed by atoms with van der Waals surface area (Å²) in [6.45, 7) is 0.783. The molecule has 2 aromatic rings. The van der Waals surface area contributed by atoms with E-state index in [0.717, 1.165) is 42.8 Å². The van der Waals surface area contributed by atoms with Crippen LogP contribution in [0.15, 0.2) is 48.5 Å². The van der Waals surface area contributed by atoms with Crippen LogP contribution in [0.25, 0.3) is 0 Å². The van der Waals surface area contributed by atoms with Gasteiger partial charge in [-0.1, -0.05) is 24.3 Å². The van der Waals surface area contributed by atoms with Gasteiger partial charge in [0.05, 0.1) is 5.56 Å². The second kappa shape index (κ2) is 6.46. The van der Waals surface area contributed by atoms with Crippen molar-refractivity contribution in [3.05, 3.63) is 65.7 Å². The molecule has 0 unspecified atom stereocenters. The van der Waals surface area contributed by atoms with Crippen LogP contribution < -0.4 is 5.32 Å². The summed E-state index contributed by atoms with van der Waals surface area (Å²) in [6.07, 6.45) is -2.64. The molecule has 0 saturated carbocycles. The van der Waals surface area contributed by atoms with Crippen LogP contribution in [0.5, 0.6) is 0 Å². The number of anilines is 1. The highest BCUT2D eigenvalue weighted by molar-refractivity contribution is 5.41. The lowest BCUT2D eigenvalue weighted by molar-refractivity contribution is -0.137. The van der Waals surface area contributed by atoms with Crippen molar-refractivity contribution in [1.29, 1.82) is 0 Å². The van der Waals surface area contributed by atoms with E-state index < -0.39 is 11.7 Å². The van der Waals surface area contributed by atoms with Gasteiger partial charge in [-0.15, -0.1) is 0 Å². The molecule has 0 aliphatic rings. The Morgan fingerprint density at radius 3 is 2.20 bits per heavy atom. The summed E-state index contributed by atoms with van der Waals surface area (Å²) in [7, 11) is 0. The lowest BCUT2D eigenvalue weighted by Crippen LogP contribution is -2.05. The molecule has 2 rings (SSSR count). The Morgan fingerprint density at radius 1 is 0.950 bits per heavy atom. The molecule has 20 heavy (non-hydrogen) atoms. The van der Waals surface area contributed by atoms with Gasteiger partial charge in [0.2, 0.25) is 0 Å². The first-order valence-electron chi connectivity index (χ1n) is 6.42. The van der Waals surface area contributed by atoms with Crippen LogP contribution in [0.1, 0.15) is 17.5 Å². The normalized spacial score (nSPS) is 11.3. The van der Waals surface area contributed by atoms with Gasteiger partial charge in [-0.3, -0.25) is 0 Å². The number of hydrogen-bond acceptors (Lipinski definition) is 1. The van der Waals surface area contributed by atoms with E-state index >= 15 is 0 Å². The summed E-state index contributed by atoms with van der Waals surface area (Å²) in [5.41, 5.74) is 1.34. The third kappa shape index (κ3) is 4.30. The van der Waals surface area contributed by atoms with Crippen LogP contribution in [0, 0.1) is 6.07 Å². The van der Waals surface area contributed by atoms with E-state index in [-0.39, 0.29) is 0 Å². The van der Waals surface area contributed by atoms with Gasteiger partial charge >= 0.3 is 6.18 Å². The van der Waals surface area contributed by atoms with E-state index in [1.807, 2.05) is 24.3 Å². The Bertz CT molecular complexity index is 518. The number of aryl methyl sites for hydroxylation is 1. The molecule has 1 N–H and O–H groups in total. The monoisotopic (exact) mass is 278 g/mol. The second-order valence-electron chi connectivity index (χ2n) is 4.51. The lowest BCUT2D eigenvalue weighted by atomic mass is 10.1. The highest BCUT2D eigenvalue weighted by Crippen LogP contribution is 2.29. The summed E-state index contributed by atoms with van der Waals surface area (Å²) in [5, 5.41) is 3.25. The summed E-state index contributed by atoms with van der Waals surface area (Å²) < 4.78 is 37.2. The molecular weight excluding hydrogens is 263 g/mol. The van der Waals surface area contributed by atoms with Crippen LogP contribution in [-0.2, 0) is 12.6 Å². The van der Waals surface area contributed by atoms with Crippen LogP contribution >= 0.6 is 0 Å². The smallest absolute Gasteiger partial charge is 0.385 e. The van der Waals surface area contributed by atoms with Gasteiger partial charge in [-0.05, 0) is 48.7 Å². The van der Waals surface area contributed by atoms with Crippen LogP contribution in [0.2, 0.25) is 0 Å². The average Bonchev–Trinajstić information content (AvgIpc) is 2.44. The molecule has 2 aromatic carbocycles. The van der Waals surface area contributed by atoms with E-state index in [4.69, 9.17) is 0 Å². The number of halogens is 3. The van der Waals surface area contributed by atoms with Crippen molar-refractivity contribution in [3.8, 4) is 0 Å². The highest BCUT2D eigenvalue weighted by atomic mass is 19.4. The summed E-state index contributed by atoms with van der Waals surface area (Å²) in [4.78, 5) is 0. The van der Waals surface area contributed by atoms with E-state index in [0.29, 0.717) is 0 Å². The molecule has 0 bridgehead atoms. The van der Waals surface area contributed by atoms with Crippen LogP contribution in [-0.4, -0.2) is 6.54 Å². The third-order valence-electron chi connectivity index (χ3n) is 2.97. The standard InChI is InChI=1S/C16H15F3N/c17-16(18,19)14-10-8-13(9-11-14)5-4-12-20-15-6-2-1-3-7-15/h2-3,6-11,20H,4-5,12H2. The molecule has 0 aromatic heterocycles. The minimum atomic E-state index is -4.26. The van der Waals surface area contributed by atoms with Crippen LogP contribution in [0.4, 0.5) is 18.9 Å². The van der Waals surface area contributed by atoms with E-state index in [1.54, 1.807) is 12.1 Å². The predicted octanol–water partition coefficient (Wildman–Crippen LogP) is 4.55. The molecule has 0 heterocycles. The maximum atomic E-state index is 12.4. The third-order valence-corrected chi connectivity index (χ3v) is 2.97. The van der Waals surface area contributed by atoms with Crippen molar-refractivity contribution in [2.75, 3.05) is 11.9 Å². The molecule has 0 amide bonds. The first kappa shape index (κ1) is 14.4. The van der Waals surface area contributed by atoms with Crippen molar-refractivity contribution in [2.45, 2.75) is 19.0 Å². The second-order valence-corrected chi connectivity index (χ2v) is 4.51. The fourth-order valence-electron chi connectivity index (χ4n) is 1.89. The van der Waals surface area contributed by atoms with Gasteiger partial charge in [0.25, 0.3) is 0 Å².